The molecule has 0 bridgehead atoms. The summed E-state index contributed by atoms with van der Waals surface area (Å²) in [4.78, 5) is 18.0. The van der Waals surface area contributed by atoms with Gasteiger partial charge in [0.2, 0.25) is 5.91 Å². The van der Waals surface area contributed by atoms with Gasteiger partial charge in [0.25, 0.3) is 0 Å². The van der Waals surface area contributed by atoms with Gasteiger partial charge in [-0.2, -0.15) is 0 Å². The highest BCUT2D eigenvalue weighted by Gasteiger charge is 2.16. The van der Waals surface area contributed by atoms with Gasteiger partial charge >= 0.3 is 0 Å². The number of nitrogens with zero attached hydrogens (tertiary/aromatic N) is 2. The number of pyridine rings is 1. The van der Waals surface area contributed by atoms with Crippen molar-refractivity contribution in [3.63, 3.8) is 0 Å². The summed E-state index contributed by atoms with van der Waals surface area (Å²) in [6, 6.07) is 5.48. The maximum Gasteiger partial charge on any atom is 0.232 e. The number of amides is 1. The molecule has 0 atom stereocenters. The molecule has 4 nitrogen and oxygen atoms in total. The van der Waals surface area contributed by atoms with Gasteiger partial charge in [0.1, 0.15) is 5.82 Å². The maximum atomic E-state index is 11.9. The lowest BCUT2D eigenvalue weighted by atomic mass is 10.1. The first kappa shape index (κ1) is 12.2. The molecule has 5 heteroatoms. The number of piperidine rings is 1. The van der Waals surface area contributed by atoms with Crippen molar-refractivity contribution in [2.45, 2.75) is 24.3 Å². The molecule has 2 N–H and O–H groups in total. The molecular formula is C12H17N3OS. The SMILES string of the molecule is Nc1cccc(SCC(=O)N2CCCCC2)n1. The van der Waals surface area contributed by atoms with E-state index in [1.165, 1.54) is 18.2 Å². The first-order valence-corrected chi connectivity index (χ1v) is 6.87. The normalized spacial score (nSPS) is 15.9. The standard InChI is InChI=1S/C12H17N3OS/c13-10-5-4-6-11(14-10)17-9-12(16)15-7-2-1-3-8-15/h4-6H,1-3,7-9H2,(H2,13,14). The molecule has 1 amide bonds. The fourth-order valence-corrected chi connectivity index (χ4v) is 2.68. The fraction of sp³-hybridized carbons (Fsp3) is 0.500. The molecule has 1 fully saturated rings. The van der Waals surface area contributed by atoms with Crippen LogP contribution in [0.25, 0.3) is 0 Å². The summed E-state index contributed by atoms with van der Waals surface area (Å²) in [6.07, 6.45) is 3.51. The minimum absolute atomic E-state index is 0.207. The molecular weight excluding hydrogens is 234 g/mol. The topological polar surface area (TPSA) is 59.2 Å². The Kier molecular flexibility index (Phi) is 4.25. The second-order valence-corrected chi connectivity index (χ2v) is 5.13. The monoisotopic (exact) mass is 251 g/mol. The van der Waals surface area contributed by atoms with E-state index in [0.29, 0.717) is 11.6 Å². The molecule has 17 heavy (non-hydrogen) atoms. The third kappa shape index (κ3) is 3.63. The van der Waals surface area contributed by atoms with Crippen molar-refractivity contribution in [3.05, 3.63) is 18.2 Å². The fourth-order valence-electron chi connectivity index (χ4n) is 1.88. The predicted octanol–water partition coefficient (Wildman–Crippen LogP) is 1.77. The number of carbonyl (C=O) groups is 1. The van der Waals surface area contributed by atoms with E-state index in [4.69, 9.17) is 5.73 Å². The van der Waals surface area contributed by atoms with E-state index in [-0.39, 0.29) is 5.91 Å². The molecule has 0 saturated carbocycles. The largest absolute Gasteiger partial charge is 0.384 e. The quantitative estimate of drug-likeness (QED) is 0.832. The summed E-state index contributed by atoms with van der Waals surface area (Å²) >= 11 is 1.45. The average molecular weight is 251 g/mol. The lowest BCUT2D eigenvalue weighted by molar-refractivity contribution is -0.129. The maximum absolute atomic E-state index is 11.9. The van der Waals surface area contributed by atoms with Crippen molar-refractivity contribution in [2.75, 3.05) is 24.6 Å². The zero-order valence-corrected chi connectivity index (χ0v) is 10.6. The molecule has 1 aliphatic heterocycles. The van der Waals surface area contributed by atoms with Gasteiger partial charge in [-0.1, -0.05) is 17.8 Å². The third-order valence-electron chi connectivity index (χ3n) is 2.80. The number of carbonyl (C=O) groups excluding carboxylic acids is 1. The van der Waals surface area contributed by atoms with Gasteiger partial charge in [-0.15, -0.1) is 0 Å². The van der Waals surface area contributed by atoms with Crippen LogP contribution in [0.5, 0.6) is 0 Å². The Balaban J connectivity index is 1.83. The van der Waals surface area contributed by atoms with Gasteiger partial charge in [0, 0.05) is 13.1 Å². The summed E-state index contributed by atoms with van der Waals surface area (Å²) in [6.45, 7) is 1.81. The molecule has 2 rings (SSSR count). The van der Waals surface area contributed by atoms with Gasteiger partial charge in [0.05, 0.1) is 10.8 Å². The van der Waals surface area contributed by atoms with E-state index in [1.807, 2.05) is 17.0 Å². The summed E-state index contributed by atoms with van der Waals surface area (Å²) in [5.41, 5.74) is 5.59. The summed E-state index contributed by atoms with van der Waals surface area (Å²) in [7, 11) is 0. The predicted molar refractivity (Wildman–Crippen MR) is 69.8 cm³/mol. The smallest absolute Gasteiger partial charge is 0.232 e. The highest BCUT2D eigenvalue weighted by atomic mass is 32.2. The molecule has 0 unspecified atom stereocenters. The van der Waals surface area contributed by atoms with Crippen LogP contribution >= 0.6 is 11.8 Å². The van der Waals surface area contributed by atoms with E-state index in [1.54, 1.807) is 6.07 Å². The summed E-state index contributed by atoms with van der Waals surface area (Å²) < 4.78 is 0. The molecule has 1 aliphatic rings. The van der Waals surface area contributed by atoms with Gasteiger partial charge < -0.3 is 10.6 Å². The second kappa shape index (κ2) is 5.91. The molecule has 0 radical (unpaired) electrons. The molecule has 0 aliphatic carbocycles. The zero-order chi connectivity index (χ0) is 12.1. The van der Waals surface area contributed by atoms with E-state index >= 15 is 0 Å². The lowest BCUT2D eigenvalue weighted by Crippen LogP contribution is -2.36. The van der Waals surface area contributed by atoms with Crippen LogP contribution in [0.2, 0.25) is 0 Å². The molecule has 2 heterocycles. The van der Waals surface area contributed by atoms with Crippen molar-refractivity contribution in [1.82, 2.24) is 9.88 Å². The van der Waals surface area contributed by atoms with Crippen LogP contribution in [0.15, 0.2) is 23.2 Å². The van der Waals surface area contributed by atoms with E-state index in [0.717, 1.165) is 31.0 Å². The number of anilines is 1. The van der Waals surface area contributed by atoms with Gasteiger partial charge in [0.15, 0.2) is 0 Å². The van der Waals surface area contributed by atoms with Crippen molar-refractivity contribution < 1.29 is 4.79 Å². The molecule has 0 spiro atoms. The number of nitrogen functional groups attached to an aromatic ring is 1. The Morgan fingerprint density at radius 3 is 2.82 bits per heavy atom. The van der Waals surface area contributed by atoms with Gasteiger partial charge in [-0.3, -0.25) is 4.79 Å². The van der Waals surface area contributed by atoms with Crippen molar-refractivity contribution in [2.24, 2.45) is 0 Å². The zero-order valence-electron chi connectivity index (χ0n) is 9.76. The van der Waals surface area contributed by atoms with Gasteiger partial charge in [-0.25, -0.2) is 4.98 Å². The van der Waals surface area contributed by atoms with Crippen LogP contribution in [-0.2, 0) is 4.79 Å². The van der Waals surface area contributed by atoms with Crippen LogP contribution in [0.3, 0.4) is 0 Å². The number of aromatic nitrogens is 1. The summed E-state index contributed by atoms with van der Waals surface area (Å²) in [5.74, 6) is 1.16. The molecule has 1 aromatic rings. The number of hydrogen-bond donors (Lipinski definition) is 1. The van der Waals surface area contributed by atoms with Crippen LogP contribution in [-0.4, -0.2) is 34.6 Å². The molecule has 1 saturated heterocycles. The lowest BCUT2D eigenvalue weighted by Gasteiger charge is -2.26. The highest BCUT2D eigenvalue weighted by Crippen LogP contribution is 2.18. The Morgan fingerprint density at radius 2 is 2.12 bits per heavy atom. The van der Waals surface area contributed by atoms with Crippen LogP contribution in [0.4, 0.5) is 5.82 Å². The van der Waals surface area contributed by atoms with E-state index in [9.17, 15) is 4.79 Å². The molecule has 92 valence electrons. The van der Waals surface area contributed by atoms with Crippen LogP contribution < -0.4 is 5.73 Å². The molecule has 0 aromatic carbocycles. The number of nitrogens with two attached hydrogens (primary N) is 1. The number of thioether (sulfide) groups is 1. The Bertz CT molecular complexity index is 391. The van der Waals surface area contributed by atoms with Crippen LogP contribution in [0.1, 0.15) is 19.3 Å². The van der Waals surface area contributed by atoms with Crippen molar-refractivity contribution >= 4 is 23.5 Å². The summed E-state index contributed by atoms with van der Waals surface area (Å²) in [5, 5.41) is 0.815. The Morgan fingerprint density at radius 1 is 1.35 bits per heavy atom. The number of rotatable bonds is 3. The minimum atomic E-state index is 0.207. The first-order valence-electron chi connectivity index (χ1n) is 5.89. The Labute approximate surface area is 106 Å². The molecule has 1 aromatic heterocycles. The number of likely N-dealkylation sites (tertiary alicyclic amines) is 1. The van der Waals surface area contributed by atoms with Crippen LogP contribution in [0, 0.1) is 0 Å². The minimum Gasteiger partial charge on any atom is -0.384 e. The third-order valence-corrected chi connectivity index (χ3v) is 3.71. The van der Waals surface area contributed by atoms with E-state index < -0.39 is 0 Å². The van der Waals surface area contributed by atoms with E-state index in [2.05, 4.69) is 4.98 Å². The Hall–Kier alpha value is -1.23. The highest BCUT2D eigenvalue weighted by molar-refractivity contribution is 7.99. The van der Waals surface area contributed by atoms with Crippen molar-refractivity contribution in [1.29, 1.82) is 0 Å². The number of hydrogen-bond acceptors (Lipinski definition) is 4. The van der Waals surface area contributed by atoms with Gasteiger partial charge in [-0.05, 0) is 31.4 Å². The second-order valence-electron chi connectivity index (χ2n) is 4.13. The first-order chi connectivity index (χ1) is 8.25. The van der Waals surface area contributed by atoms with Crippen molar-refractivity contribution in [3.8, 4) is 0 Å². The average Bonchev–Trinajstić information content (AvgIpc) is 2.37.